The highest BCUT2D eigenvalue weighted by Gasteiger charge is 2.20. The fourth-order valence-corrected chi connectivity index (χ4v) is 2.21. The highest BCUT2D eigenvalue weighted by atomic mass is 16.5. The van der Waals surface area contributed by atoms with Gasteiger partial charge in [0, 0.05) is 13.1 Å². The topological polar surface area (TPSA) is 59.1 Å². The molecule has 0 saturated carbocycles. The van der Waals surface area contributed by atoms with Gasteiger partial charge in [0.1, 0.15) is 12.0 Å². The number of fused-ring (bicyclic) bond motifs is 1. The first kappa shape index (κ1) is 12.0. The minimum atomic E-state index is 0.604. The van der Waals surface area contributed by atoms with Crippen LogP contribution in [0.1, 0.15) is 20.3 Å². The molecule has 0 spiro atoms. The highest BCUT2D eigenvalue weighted by Crippen LogP contribution is 2.31. The predicted molar refractivity (Wildman–Crippen MR) is 68.5 cm³/mol. The molecule has 5 nitrogen and oxygen atoms in total. The number of methoxy groups -OCH3 is 1. The quantitative estimate of drug-likeness (QED) is 0.840. The van der Waals surface area contributed by atoms with Crippen molar-refractivity contribution in [3.05, 3.63) is 6.33 Å². The van der Waals surface area contributed by atoms with Crippen LogP contribution in [-0.4, -0.2) is 30.2 Å². The molecule has 0 radical (unpaired) electrons. The molecular formula is C12H20N4O. The van der Waals surface area contributed by atoms with Crippen LogP contribution in [-0.2, 0) is 0 Å². The molecule has 0 fully saturated rings. The fraction of sp³-hybridized carbons (Fsp3) is 0.667. The molecule has 2 N–H and O–H groups in total. The summed E-state index contributed by atoms with van der Waals surface area (Å²) in [7, 11) is 1.63. The Morgan fingerprint density at radius 2 is 2.12 bits per heavy atom. The van der Waals surface area contributed by atoms with Gasteiger partial charge in [-0.3, -0.25) is 0 Å². The maximum Gasteiger partial charge on any atom is 0.242 e. The number of anilines is 2. The zero-order valence-electron chi connectivity index (χ0n) is 10.7. The minimum Gasteiger partial charge on any atom is -0.479 e. The van der Waals surface area contributed by atoms with E-state index in [0.29, 0.717) is 17.7 Å². The zero-order valence-corrected chi connectivity index (χ0v) is 10.7. The lowest BCUT2D eigenvalue weighted by atomic mass is 9.97. The Labute approximate surface area is 102 Å². The van der Waals surface area contributed by atoms with Crippen LogP contribution in [0.4, 0.5) is 11.5 Å². The van der Waals surface area contributed by atoms with E-state index in [1.54, 1.807) is 7.11 Å². The van der Waals surface area contributed by atoms with Crippen LogP contribution < -0.4 is 15.4 Å². The molecule has 1 aromatic rings. The van der Waals surface area contributed by atoms with E-state index in [0.717, 1.165) is 24.6 Å². The Morgan fingerprint density at radius 1 is 1.35 bits per heavy atom. The number of nitrogens with one attached hydrogen (secondary N) is 2. The summed E-state index contributed by atoms with van der Waals surface area (Å²) in [6.45, 7) is 6.37. The average molecular weight is 236 g/mol. The second-order valence-electron chi connectivity index (χ2n) is 4.86. The first-order valence-electron chi connectivity index (χ1n) is 6.07. The molecule has 2 rings (SSSR count). The van der Waals surface area contributed by atoms with Gasteiger partial charge in [-0.1, -0.05) is 13.8 Å². The third-order valence-electron chi connectivity index (χ3n) is 2.94. The Morgan fingerprint density at radius 3 is 2.82 bits per heavy atom. The molecule has 0 bridgehead atoms. The van der Waals surface area contributed by atoms with E-state index in [2.05, 4.69) is 34.4 Å². The van der Waals surface area contributed by atoms with Crippen molar-refractivity contribution < 1.29 is 4.74 Å². The van der Waals surface area contributed by atoms with E-state index < -0.39 is 0 Å². The summed E-state index contributed by atoms with van der Waals surface area (Å²) in [6, 6.07) is 0. The normalized spacial score (nSPS) is 18.9. The van der Waals surface area contributed by atoms with E-state index in [-0.39, 0.29) is 0 Å². The number of hydrogen-bond acceptors (Lipinski definition) is 5. The molecule has 1 aliphatic rings. The summed E-state index contributed by atoms with van der Waals surface area (Å²) in [5, 5.41) is 6.75. The van der Waals surface area contributed by atoms with Gasteiger partial charge < -0.3 is 15.4 Å². The lowest BCUT2D eigenvalue weighted by Gasteiger charge is -2.16. The SMILES string of the molecule is COc1ncnc2c1NCC(CC(C)C)CN2. The number of rotatable bonds is 3. The summed E-state index contributed by atoms with van der Waals surface area (Å²) in [5.74, 6) is 2.75. The van der Waals surface area contributed by atoms with Crippen molar-refractivity contribution in [2.75, 3.05) is 30.8 Å². The Bertz CT molecular complexity index is 381. The molecule has 0 saturated heterocycles. The molecule has 1 unspecified atom stereocenters. The highest BCUT2D eigenvalue weighted by molar-refractivity contribution is 5.70. The molecular weight excluding hydrogens is 216 g/mol. The van der Waals surface area contributed by atoms with Gasteiger partial charge in [-0.05, 0) is 18.3 Å². The average Bonchev–Trinajstić information content (AvgIpc) is 2.51. The lowest BCUT2D eigenvalue weighted by molar-refractivity contribution is 0.398. The molecule has 0 amide bonds. The largest absolute Gasteiger partial charge is 0.479 e. The van der Waals surface area contributed by atoms with Gasteiger partial charge in [0.15, 0.2) is 5.82 Å². The summed E-state index contributed by atoms with van der Waals surface area (Å²) >= 11 is 0. The van der Waals surface area contributed by atoms with Crippen molar-refractivity contribution in [3.63, 3.8) is 0 Å². The summed E-state index contributed by atoms with van der Waals surface area (Å²) in [4.78, 5) is 8.34. The van der Waals surface area contributed by atoms with Crippen LogP contribution in [0, 0.1) is 11.8 Å². The van der Waals surface area contributed by atoms with Gasteiger partial charge in [-0.2, -0.15) is 4.98 Å². The number of aromatic nitrogens is 2. The van der Waals surface area contributed by atoms with Crippen molar-refractivity contribution >= 4 is 11.5 Å². The molecule has 0 aliphatic carbocycles. The maximum absolute atomic E-state index is 5.23. The molecule has 1 atom stereocenters. The first-order chi connectivity index (χ1) is 8.20. The number of hydrogen-bond donors (Lipinski definition) is 2. The third-order valence-corrected chi connectivity index (χ3v) is 2.94. The van der Waals surface area contributed by atoms with Crippen LogP contribution in [0.25, 0.3) is 0 Å². The van der Waals surface area contributed by atoms with E-state index in [4.69, 9.17) is 4.74 Å². The van der Waals surface area contributed by atoms with Gasteiger partial charge >= 0.3 is 0 Å². The summed E-state index contributed by atoms with van der Waals surface area (Å²) in [5.41, 5.74) is 0.876. The van der Waals surface area contributed by atoms with Crippen LogP contribution in [0.5, 0.6) is 5.88 Å². The van der Waals surface area contributed by atoms with Crippen LogP contribution in [0.3, 0.4) is 0 Å². The van der Waals surface area contributed by atoms with Gasteiger partial charge in [0.05, 0.1) is 7.11 Å². The zero-order chi connectivity index (χ0) is 12.3. The van der Waals surface area contributed by atoms with Gasteiger partial charge in [0.2, 0.25) is 5.88 Å². The Balaban J connectivity index is 2.12. The summed E-state index contributed by atoms with van der Waals surface area (Å²) < 4.78 is 5.23. The second-order valence-corrected chi connectivity index (χ2v) is 4.86. The van der Waals surface area contributed by atoms with E-state index >= 15 is 0 Å². The smallest absolute Gasteiger partial charge is 0.242 e. The monoisotopic (exact) mass is 236 g/mol. The van der Waals surface area contributed by atoms with E-state index in [9.17, 15) is 0 Å². The maximum atomic E-state index is 5.23. The van der Waals surface area contributed by atoms with Crippen molar-refractivity contribution in [2.24, 2.45) is 11.8 Å². The first-order valence-corrected chi connectivity index (χ1v) is 6.07. The van der Waals surface area contributed by atoms with E-state index in [1.165, 1.54) is 12.7 Å². The third kappa shape index (κ3) is 2.78. The Kier molecular flexibility index (Phi) is 3.66. The standard InChI is InChI=1S/C12H20N4O/c1-8(2)4-9-5-13-10-11(14-6-9)15-7-16-12(10)17-3/h7-9,13H,4-6H2,1-3H3,(H,14,15,16). The number of nitrogens with zero attached hydrogens (tertiary/aromatic N) is 2. The lowest BCUT2D eigenvalue weighted by Crippen LogP contribution is -2.20. The molecule has 1 aliphatic heterocycles. The van der Waals surface area contributed by atoms with Gasteiger partial charge in [-0.25, -0.2) is 4.98 Å². The predicted octanol–water partition coefficient (Wildman–Crippen LogP) is 1.98. The van der Waals surface area contributed by atoms with E-state index in [1.807, 2.05) is 0 Å². The number of ether oxygens (including phenoxy) is 1. The summed E-state index contributed by atoms with van der Waals surface area (Å²) in [6.07, 6.45) is 2.72. The van der Waals surface area contributed by atoms with Crippen LogP contribution in [0.15, 0.2) is 6.33 Å². The van der Waals surface area contributed by atoms with Gasteiger partial charge in [-0.15, -0.1) is 0 Å². The molecule has 17 heavy (non-hydrogen) atoms. The van der Waals surface area contributed by atoms with Crippen molar-refractivity contribution in [2.45, 2.75) is 20.3 Å². The van der Waals surface area contributed by atoms with Crippen LogP contribution >= 0.6 is 0 Å². The Hall–Kier alpha value is -1.52. The molecule has 5 heteroatoms. The second kappa shape index (κ2) is 5.21. The molecule has 2 heterocycles. The van der Waals surface area contributed by atoms with Crippen molar-refractivity contribution in [3.8, 4) is 5.88 Å². The van der Waals surface area contributed by atoms with Crippen LogP contribution in [0.2, 0.25) is 0 Å². The molecule has 0 aromatic carbocycles. The fourth-order valence-electron chi connectivity index (χ4n) is 2.21. The minimum absolute atomic E-state index is 0.604. The molecule has 1 aromatic heterocycles. The molecule has 94 valence electrons. The van der Waals surface area contributed by atoms with Crippen molar-refractivity contribution in [1.82, 2.24) is 9.97 Å². The van der Waals surface area contributed by atoms with Gasteiger partial charge in [0.25, 0.3) is 0 Å². The van der Waals surface area contributed by atoms with Crippen molar-refractivity contribution in [1.29, 1.82) is 0 Å².